The molecule has 0 saturated carbocycles. The normalized spacial score (nSPS) is 15.3. The van der Waals surface area contributed by atoms with Crippen molar-refractivity contribution < 1.29 is 0 Å². The van der Waals surface area contributed by atoms with E-state index in [0.29, 0.717) is 0 Å². The average Bonchev–Trinajstić information content (AvgIpc) is 2.96. The molecule has 0 fully saturated rings. The van der Waals surface area contributed by atoms with Crippen molar-refractivity contribution >= 4 is 11.4 Å². The molecule has 6 rings (SSSR count). The van der Waals surface area contributed by atoms with Gasteiger partial charge >= 0.3 is 0 Å². The van der Waals surface area contributed by atoms with E-state index in [1.54, 1.807) is 0 Å². The first kappa shape index (κ1) is 28.6. The van der Waals surface area contributed by atoms with Gasteiger partial charge in [0.2, 0.25) is 0 Å². The van der Waals surface area contributed by atoms with Gasteiger partial charge in [0, 0.05) is 33.6 Å². The van der Waals surface area contributed by atoms with Crippen LogP contribution in [0.15, 0.2) is 60.7 Å². The Balaban J connectivity index is 1.59. The lowest BCUT2D eigenvalue weighted by Gasteiger charge is -2.29. The second kappa shape index (κ2) is 10.6. The van der Waals surface area contributed by atoms with E-state index in [0.717, 1.165) is 48.2 Å². The predicted octanol–water partition coefficient (Wildman–Crippen LogP) is 10.2. The highest BCUT2D eigenvalue weighted by Crippen LogP contribution is 2.49. The van der Waals surface area contributed by atoms with E-state index < -0.39 is 0 Å². The van der Waals surface area contributed by atoms with Crippen LogP contribution in [0.2, 0.25) is 0 Å². The molecule has 0 radical (unpaired) electrons. The number of benzene rings is 4. The summed E-state index contributed by atoms with van der Waals surface area (Å²) in [5.74, 6) is 0. The number of rotatable bonds is 3. The van der Waals surface area contributed by atoms with Gasteiger partial charge in [-0.3, -0.25) is 0 Å². The number of nitrogens with two attached hydrogens (primary N) is 2. The lowest BCUT2D eigenvalue weighted by Crippen LogP contribution is -2.14. The Labute approximate surface area is 253 Å². The first-order valence-corrected chi connectivity index (χ1v) is 16.0. The summed E-state index contributed by atoms with van der Waals surface area (Å²) in [5.41, 5.74) is 32.1. The zero-order valence-electron chi connectivity index (χ0n) is 26.6. The van der Waals surface area contributed by atoms with Crippen LogP contribution < -0.4 is 11.5 Å². The van der Waals surface area contributed by atoms with Gasteiger partial charge < -0.3 is 11.5 Å². The summed E-state index contributed by atoms with van der Waals surface area (Å²) >= 11 is 0. The van der Waals surface area contributed by atoms with E-state index in [4.69, 9.17) is 11.5 Å². The number of fused-ring (bicyclic) bond motifs is 2. The highest BCUT2D eigenvalue weighted by molar-refractivity contribution is 6.00. The molecule has 4 aromatic carbocycles. The molecule has 4 aromatic rings. The minimum atomic E-state index is 0.115. The molecular weight excluding hydrogens is 508 g/mol. The van der Waals surface area contributed by atoms with Crippen molar-refractivity contribution in [3.05, 3.63) is 94.0 Å². The van der Waals surface area contributed by atoms with Crippen LogP contribution in [0.25, 0.3) is 33.4 Å². The summed E-state index contributed by atoms with van der Waals surface area (Å²) in [6, 6.07) is 22.9. The fourth-order valence-corrected chi connectivity index (χ4v) is 7.19. The molecule has 0 bridgehead atoms. The third-order valence-electron chi connectivity index (χ3n) is 9.75. The van der Waals surface area contributed by atoms with Crippen molar-refractivity contribution in [1.29, 1.82) is 0 Å². The van der Waals surface area contributed by atoms with E-state index in [2.05, 4.69) is 102 Å². The van der Waals surface area contributed by atoms with Crippen LogP contribution in [0.1, 0.15) is 101 Å². The van der Waals surface area contributed by atoms with Crippen molar-refractivity contribution in [1.82, 2.24) is 0 Å². The van der Waals surface area contributed by atoms with Crippen LogP contribution >= 0.6 is 0 Å². The number of hydrogen-bond donors (Lipinski definition) is 2. The highest BCUT2D eigenvalue weighted by atomic mass is 14.6. The molecule has 2 aliphatic carbocycles. The summed E-state index contributed by atoms with van der Waals surface area (Å²) in [5, 5.41) is 0. The van der Waals surface area contributed by atoms with E-state index >= 15 is 0 Å². The first-order chi connectivity index (χ1) is 19.9. The smallest absolute Gasteiger partial charge is 0.0477 e. The van der Waals surface area contributed by atoms with Crippen molar-refractivity contribution in [2.45, 2.75) is 104 Å². The molecule has 0 aromatic heterocycles. The van der Waals surface area contributed by atoms with Crippen LogP contribution in [0.4, 0.5) is 11.4 Å². The first-order valence-electron chi connectivity index (χ1n) is 16.0. The van der Waals surface area contributed by atoms with Gasteiger partial charge in [0.15, 0.2) is 0 Å². The fraction of sp³-hybridized carbons (Fsp3) is 0.400. The van der Waals surface area contributed by atoms with Gasteiger partial charge in [-0.1, -0.05) is 90.1 Å². The van der Waals surface area contributed by atoms with E-state index in [1.807, 2.05) is 0 Å². The lowest BCUT2D eigenvalue weighted by molar-refractivity contribution is 0.590. The van der Waals surface area contributed by atoms with Gasteiger partial charge in [0.05, 0.1) is 0 Å². The number of nitrogen functional groups attached to an aromatic ring is 2. The van der Waals surface area contributed by atoms with E-state index in [-0.39, 0.29) is 10.8 Å². The Morgan fingerprint density at radius 2 is 0.810 bits per heavy atom. The monoisotopic (exact) mass is 556 g/mol. The molecule has 0 aliphatic heterocycles. The lowest BCUT2D eigenvalue weighted by atomic mass is 9.76. The van der Waals surface area contributed by atoms with Crippen molar-refractivity contribution in [3.8, 4) is 33.4 Å². The summed E-state index contributed by atoms with van der Waals surface area (Å²) < 4.78 is 0. The largest absolute Gasteiger partial charge is 0.398 e. The van der Waals surface area contributed by atoms with E-state index in [1.165, 1.54) is 81.3 Å². The van der Waals surface area contributed by atoms with Gasteiger partial charge in [0.1, 0.15) is 0 Å². The molecule has 2 nitrogen and oxygen atoms in total. The molecular formula is C40H48N2. The maximum Gasteiger partial charge on any atom is 0.0477 e. The average molecular weight is 557 g/mol. The third-order valence-corrected chi connectivity index (χ3v) is 9.75. The number of anilines is 2. The summed E-state index contributed by atoms with van der Waals surface area (Å²) in [7, 11) is 0. The highest BCUT2D eigenvalue weighted by Gasteiger charge is 2.28. The number of aryl methyl sites for hydroxylation is 2. The molecule has 0 amide bonds. The predicted molar refractivity (Wildman–Crippen MR) is 182 cm³/mol. The minimum Gasteiger partial charge on any atom is -0.398 e. The standard InChI is InChI=1S/C40H48N2/c1-39(2,3)29-19-15-25(16-20-29)33-23-27-11-7-9-13-31(27)35(37(33)41)36-32-14-10-8-12-28(32)24-34(38(36)42)26-17-21-30(22-18-26)40(4,5)6/h15-24H,7-14,41-42H2,1-6H3. The Morgan fingerprint density at radius 1 is 0.476 bits per heavy atom. The van der Waals surface area contributed by atoms with Crippen molar-refractivity contribution in [3.63, 3.8) is 0 Å². The molecule has 218 valence electrons. The number of hydrogen-bond acceptors (Lipinski definition) is 2. The van der Waals surface area contributed by atoms with Crippen LogP contribution in [0.5, 0.6) is 0 Å². The van der Waals surface area contributed by atoms with Crippen molar-refractivity contribution in [2.24, 2.45) is 0 Å². The molecule has 4 N–H and O–H groups in total. The zero-order valence-corrected chi connectivity index (χ0v) is 26.6. The zero-order chi connectivity index (χ0) is 29.8. The van der Waals surface area contributed by atoms with Crippen LogP contribution in [-0.4, -0.2) is 0 Å². The summed E-state index contributed by atoms with van der Waals surface area (Å²) in [6.07, 6.45) is 9.20. The maximum absolute atomic E-state index is 7.30. The Bertz CT molecular complexity index is 1500. The third kappa shape index (κ3) is 5.14. The molecule has 2 aliphatic rings. The molecule has 0 saturated heterocycles. The second-order valence-corrected chi connectivity index (χ2v) is 14.8. The molecule has 2 heteroatoms. The van der Waals surface area contributed by atoms with Crippen molar-refractivity contribution in [2.75, 3.05) is 11.5 Å². The maximum atomic E-state index is 7.30. The van der Waals surface area contributed by atoms with Crippen LogP contribution in [0, 0.1) is 0 Å². The SMILES string of the molecule is CC(C)(C)c1ccc(-c2cc3c(c(-c4c(N)c(-c5ccc(C(C)(C)C)cc5)cc5c4CCCC5)c2N)CCCC3)cc1. The van der Waals surface area contributed by atoms with Crippen LogP contribution in [0.3, 0.4) is 0 Å². The van der Waals surface area contributed by atoms with Gasteiger partial charge in [-0.25, -0.2) is 0 Å². The van der Waals surface area contributed by atoms with Gasteiger partial charge in [-0.15, -0.1) is 0 Å². The summed E-state index contributed by atoms with van der Waals surface area (Å²) in [6.45, 7) is 13.6. The Kier molecular flexibility index (Phi) is 7.24. The molecule has 0 unspecified atom stereocenters. The Hall–Kier alpha value is -3.52. The van der Waals surface area contributed by atoms with E-state index in [9.17, 15) is 0 Å². The molecule has 42 heavy (non-hydrogen) atoms. The molecule has 0 atom stereocenters. The van der Waals surface area contributed by atoms with Gasteiger partial charge in [0.25, 0.3) is 0 Å². The van der Waals surface area contributed by atoms with Crippen LogP contribution in [-0.2, 0) is 36.5 Å². The summed E-state index contributed by atoms with van der Waals surface area (Å²) in [4.78, 5) is 0. The van der Waals surface area contributed by atoms with Gasteiger partial charge in [-0.05, 0) is 119 Å². The molecule has 0 spiro atoms. The Morgan fingerprint density at radius 3 is 1.14 bits per heavy atom. The topological polar surface area (TPSA) is 52.0 Å². The fourth-order valence-electron chi connectivity index (χ4n) is 7.19. The minimum absolute atomic E-state index is 0.115. The molecule has 0 heterocycles. The second-order valence-electron chi connectivity index (χ2n) is 14.8. The van der Waals surface area contributed by atoms with Gasteiger partial charge in [-0.2, -0.15) is 0 Å². The quantitative estimate of drug-likeness (QED) is 0.247.